The van der Waals surface area contributed by atoms with E-state index in [-0.39, 0.29) is 21.6 Å². The minimum Gasteiger partial charge on any atom is -0.508 e. The number of hydrogen-bond donors (Lipinski definition) is 2. The molecule has 94 valence electrons. The molecule has 0 radical (unpaired) electrons. The smallest absolute Gasteiger partial charge is 0.264 e. The molecule has 0 aliphatic carbocycles. The number of nitrogens with zero attached hydrogens (tertiary/aromatic N) is 2. The van der Waals surface area contributed by atoms with Crippen molar-refractivity contribution < 1.29 is 13.5 Å². The first-order valence-electron chi connectivity index (χ1n) is 4.77. The van der Waals surface area contributed by atoms with Gasteiger partial charge in [-0.2, -0.15) is 0 Å². The number of benzene rings is 1. The number of anilines is 1. The van der Waals surface area contributed by atoms with Crippen LogP contribution < -0.4 is 4.72 Å². The quantitative estimate of drug-likeness (QED) is 0.836. The summed E-state index contributed by atoms with van der Waals surface area (Å²) in [5, 5.41) is 9.20. The molecule has 2 aromatic rings. The number of phenols is 1. The van der Waals surface area contributed by atoms with E-state index in [1.807, 2.05) is 0 Å². The molecule has 0 saturated carbocycles. The summed E-state index contributed by atoms with van der Waals surface area (Å²) in [7, 11) is -3.79. The Morgan fingerprint density at radius 2 is 1.89 bits per heavy atom. The minimum atomic E-state index is -3.79. The van der Waals surface area contributed by atoms with Crippen LogP contribution in [0, 0.1) is 0 Å². The van der Waals surface area contributed by atoms with Crippen molar-refractivity contribution in [2.24, 2.45) is 0 Å². The number of phenolic OH excluding ortho intramolecular Hbond substituents is 1. The molecule has 2 N–H and O–H groups in total. The molecule has 0 fully saturated rings. The van der Waals surface area contributed by atoms with Crippen molar-refractivity contribution in [3.63, 3.8) is 0 Å². The van der Waals surface area contributed by atoms with Gasteiger partial charge < -0.3 is 5.11 Å². The second kappa shape index (κ2) is 4.79. The average molecular weight is 286 g/mol. The van der Waals surface area contributed by atoms with Crippen LogP contribution >= 0.6 is 11.6 Å². The lowest BCUT2D eigenvalue weighted by Crippen LogP contribution is -2.13. The summed E-state index contributed by atoms with van der Waals surface area (Å²) in [6, 6.07) is 5.75. The van der Waals surface area contributed by atoms with Crippen LogP contribution in [-0.4, -0.2) is 23.5 Å². The van der Waals surface area contributed by atoms with E-state index >= 15 is 0 Å². The number of nitrogens with one attached hydrogen (secondary N) is 1. The molecule has 0 saturated heterocycles. The van der Waals surface area contributed by atoms with E-state index in [0.29, 0.717) is 0 Å². The summed E-state index contributed by atoms with van der Waals surface area (Å²) in [4.78, 5) is 7.07. The van der Waals surface area contributed by atoms with Crippen LogP contribution in [0.1, 0.15) is 0 Å². The predicted octanol–water partition coefficient (Wildman–Crippen LogP) is 1.64. The van der Waals surface area contributed by atoms with Gasteiger partial charge in [-0.1, -0.05) is 6.07 Å². The topological polar surface area (TPSA) is 92.2 Å². The van der Waals surface area contributed by atoms with Crippen molar-refractivity contribution in [2.45, 2.75) is 4.90 Å². The highest BCUT2D eigenvalue weighted by Gasteiger charge is 2.15. The van der Waals surface area contributed by atoms with Crippen molar-refractivity contribution in [3.05, 3.63) is 41.9 Å². The summed E-state index contributed by atoms with van der Waals surface area (Å²) >= 11 is 5.47. The van der Waals surface area contributed by atoms with Gasteiger partial charge in [0.2, 0.25) is 5.28 Å². The monoisotopic (exact) mass is 285 g/mol. The molecule has 2 rings (SSSR count). The third-order valence-electron chi connectivity index (χ3n) is 2.01. The number of aromatic nitrogens is 2. The van der Waals surface area contributed by atoms with Crippen LogP contribution in [0.3, 0.4) is 0 Å². The SMILES string of the molecule is O=S(=O)(Nc1cccc(O)c1)c1cnc(Cl)nc1. The summed E-state index contributed by atoms with van der Waals surface area (Å²) < 4.78 is 26.1. The second-order valence-corrected chi connectivity index (χ2v) is 5.36. The van der Waals surface area contributed by atoms with Gasteiger partial charge in [-0.3, -0.25) is 4.72 Å². The lowest BCUT2D eigenvalue weighted by Gasteiger charge is -2.07. The lowest BCUT2D eigenvalue weighted by molar-refractivity contribution is 0.475. The molecule has 1 aromatic carbocycles. The zero-order valence-electron chi connectivity index (χ0n) is 8.91. The maximum absolute atomic E-state index is 11.9. The van der Waals surface area contributed by atoms with Gasteiger partial charge in [-0.15, -0.1) is 0 Å². The Labute approximate surface area is 108 Å². The van der Waals surface area contributed by atoms with E-state index < -0.39 is 10.0 Å². The molecular formula is C10H8ClN3O3S. The number of halogens is 1. The standard InChI is InChI=1S/C10H8ClN3O3S/c11-10-12-5-9(6-13-10)18(16,17)14-7-2-1-3-8(15)4-7/h1-6,14-15H. The molecule has 0 aliphatic rings. The third-order valence-corrected chi connectivity index (χ3v) is 3.54. The molecule has 18 heavy (non-hydrogen) atoms. The zero-order chi connectivity index (χ0) is 13.2. The largest absolute Gasteiger partial charge is 0.508 e. The molecule has 0 aliphatic heterocycles. The summed E-state index contributed by atoms with van der Waals surface area (Å²) in [5.41, 5.74) is 0.241. The van der Waals surface area contributed by atoms with Crippen LogP contribution in [-0.2, 0) is 10.0 Å². The highest BCUT2D eigenvalue weighted by Crippen LogP contribution is 2.19. The minimum absolute atomic E-state index is 0.0358. The fourth-order valence-electron chi connectivity index (χ4n) is 1.22. The van der Waals surface area contributed by atoms with Gasteiger partial charge in [0.05, 0.1) is 18.1 Å². The number of aromatic hydroxyl groups is 1. The van der Waals surface area contributed by atoms with Crippen LogP contribution in [0.5, 0.6) is 5.75 Å². The fraction of sp³-hybridized carbons (Fsp3) is 0. The molecular weight excluding hydrogens is 278 g/mol. The van der Waals surface area contributed by atoms with Gasteiger partial charge in [0.25, 0.3) is 10.0 Å². The zero-order valence-corrected chi connectivity index (χ0v) is 10.5. The number of rotatable bonds is 3. The number of hydrogen-bond acceptors (Lipinski definition) is 5. The Kier molecular flexibility index (Phi) is 3.35. The highest BCUT2D eigenvalue weighted by atomic mass is 35.5. The van der Waals surface area contributed by atoms with Gasteiger partial charge in [0.1, 0.15) is 10.6 Å². The van der Waals surface area contributed by atoms with Crippen molar-refractivity contribution >= 4 is 27.3 Å². The molecule has 8 heteroatoms. The Hall–Kier alpha value is -1.86. The molecule has 0 atom stereocenters. The molecule has 0 bridgehead atoms. The second-order valence-electron chi connectivity index (χ2n) is 3.34. The van der Waals surface area contributed by atoms with Crippen molar-refractivity contribution in [2.75, 3.05) is 4.72 Å². The van der Waals surface area contributed by atoms with Crippen molar-refractivity contribution in [1.82, 2.24) is 9.97 Å². The Morgan fingerprint density at radius 3 is 2.50 bits per heavy atom. The first kappa shape index (κ1) is 12.6. The Morgan fingerprint density at radius 1 is 1.22 bits per heavy atom. The molecule has 6 nitrogen and oxygen atoms in total. The van der Waals surface area contributed by atoms with Crippen LogP contribution in [0.25, 0.3) is 0 Å². The maximum Gasteiger partial charge on any atom is 0.264 e. The average Bonchev–Trinajstić information content (AvgIpc) is 2.29. The van der Waals surface area contributed by atoms with E-state index in [9.17, 15) is 13.5 Å². The van der Waals surface area contributed by atoms with E-state index in [1.165, 1.54) is 24.3 Å². The highest BCUT2D eigenvalue weighted by molar-refractivity contribution is 7.92. The summed E-state index contributed by atoms with van der Waals surface area (Å²) in [6.45, 7) is 0. The van der Waals surface area contributed by atoms with Gasteiger partial charge >= 0.3 is 0 Å². The van der Waals surface area contributed by atoms with Crippen LogP contribution in [0.15, 0.2) is 41.6 Å². The molecule has 0 amide bonds. The molecule has 1 heterocycles. The van der Waals surface area contributed by atoms with Crippen LogP contribution in [0.2, 0.25) is 5.28 Å². The van der Waals surface area contributed by atoms with Gasteiger partial charge in [0, 0.05) is 6.07 Å². The van der Waals surface area contributed by atoms with Gasteiger partial charge in [-0.25, -0.2) is 18.4 Å². The first-order valence-corrected chi connectivity index (χ1v) is 6.63. The molecule has 0 spiro atoms. The lowest BCUT2D eigenvalue weighted by atomic mass is 10.3. The maximum atomic E-state index is 11.9. The van der Waals surface area contributed by atoms with E-state index in [4.69, 9.17) is 11.6 Å². The first-order chi connectivity index (χ1) is 8.47. The fourth-order valence-corrected chi connectivity index (χ4v) is 2.26. The van der Waals surface area contributed by atoms with Gasteiger partial charge in [-0.05, 0) is 23.7 Å². The molecule has 1 aromatic heterocycles. The normalized spacial score (nSPS) is 11.2. The van der Waals surface area contributed by atoms with E-state index in [0.717, 1.165) is 12.4 Å². The molecule has 0 unspecified atom stereocenters. The van der Waals surface area contributed by atoms with Crippen LogP contribution in [0.4, 0.5) is 5.69 Å². The Balaban J connectivity index is 2.30. The van der Waals surface area contributed by atoms with Crippen molar-refractivity contribution in [3.8, 4) is 5.75 Å². The Bertz CT molecular complexity index is 658. The number of sulfonamides is 1. The summed E-state index contributed by atoms with van der Waals surface area (Å²) in [5.74, 6) is -0.0393. The van der Waals surface area contributed by atoms with E-state index in [2.05, 4.69) is 14.7 Å². The third kappa shape index (κ3) is 2.88. The van der Waals surface area contributed by atoms with Crippen molar-refractivity contribution in [1.29, 1.82) is 0 Å². The van der Waals surface area contributed by atoms with Gasteiger partial charge in [0.15, 0.2) is 0 Å². The van der Waals surface area contributed by atoms with E-state index in [1.54, 1.807) is 0 Å². The summed E-state index contributed by atoms with van der Waals surface area (Å²) in [6.07, 6.45) is 2.20. The predicted molar refractivity (Wildman–Crippen MR) is 66.0 cm³/mol.